The number of hydrogen-bond donors (Lipinski definition) is 1. The number of benzene rings is 1. The lowest BCUT2D eigenvalue weighted by molar-refractivity contribution is -0.135. The van der Waals surface area contributed by atoms with Gasteiger partial charge in [0.05, 0.1) is 13.1 Å². The van der Waals surface area contributed by atoms with Gasteiger partial charge in [-0.3, -0.25) is 14.5 Å². The molecular formula is C20H33N3O3. The molecule has 0 heterocycles. The van der Waals surface area contributed by atoms with Crippen molar-refractivity contribution in [2.24, 2.45) is 0 Å². The number of rotatable bonds is 8. The smallest absolute Gasteiger partial charge is 0.240 e. The van der Waals surface area contributed by atoms with E-state index in [1.165, 1.54) is 16.0 Å². The van der Waals surface area contributed by atoms with Gasteiger partial charge < -0.3 is 15.0 Å². The van der Waals surface area contributed by atoms with Crippen molar-refractivity contribution in [3.63, 3.8) is 0 Å². The molecule has 1 aromatic rings. The molecule has 6 heteroatoms. The van der Waals surface area contributed by atoms with E-state index < -0.39 is 0 Å². The van der Waals surface area contributed by atoms with E-state index in [1.54, 1.807) is 7.05 Å². The number of carbonyl (C=O) groups is 2. The van der Waals surface area contributed by atoms with E-state index in [9.17, 15) is 9.59 Å². The van der Waals surface area contributed by atoms with Crippen LogP contribution in [0.4, 0.5) is 0 Å². The molecule has 0 spiro atoms. The van der Waals surface area contributed by atoms with Gasteiger partial charge in [0.1, 0.15) is 12.4 Å². The topological polar surface area (TPSA) is 61.9 Å². The van der Waals surface area contributed by atoms with Crippen LogP contribution in [0, 0.1) is 13.8 Å². The Morgan fingerprint density at radius 3 is 2.15 bits per heavy atom. The maximum atomic E-state index is 12.2. The van der Waals surface area contributed by atoms with Crippen molar-refractivity contribution in [2.45, 2.75) is 40.2 Å². The molecule has 1 aromatic carbocycles. The van der Waals surface area contributed by atoms with Gasteiger partial charge in [0.25, 0.3) is 0 Å². The first-order valence-electron chi connectivity index (χ1n) is 8.91. The molecule has 0 saturated carbocycles. The molecule has 0 atom stereocenters. The summed E-state index contributed by atoms with van der Waals surface area (Å²) in [4.78, 5) is 27.5. The third-order valence-corrected chi connectivity index (χ3v) is 3.66. The summed E-state index contributed by atoms with van der Waals surface area (Å²) in [5.74, 6) is 0.593. The van der Waals surface area contributed by atoms with E-state index in [2.05, 4.69) is 11.4 Å². The first-order valence-corrected chi connectivity index (χ1v) is 8.91. The predicted molar refractivity (Wildman–Crippen MR) is 104 cm³/mol. The van der Waals surface area contributed by atoms with Gasteiger partial charge in [0, 0.05) is 19.1 Å². The molecule has 2 amide bonds. The minimum atomic E-state index is -0.302. The van der Waals surface area contributed by atoms with Crippen molar-refractivity contribution in [3.05, 3.63) is 29.3 Å². The Kier molecular flexibility index (Phi) is 8.08. The van der Waals surface area contributed by atoms with Crippen molar-refractivity contribution in [2.75, 3.05) is 40.3 Å². The van der Waals surface area contributed by atoms with Crippen molar-refractivity contribution in [1.29, 1.82) is 0 Å². The van der Waals surface area contributed by atoms with E-state index in [1.807, 2.05) is 58.7 Å². The number of likely N-dealkylation sites (N-methyl/N-ethyl adjacent to an activating group) is 2. The minimum absolute atomic E-state index is 0.0585. The molecule has 0 unspecified atom stereocenters. The van der Waals surface area contributed by atoms with Crippen LogP contribution in [0.25, 0.3) is 0 Å². The number of carbonyl (C=O) groups excluding carboxylic acids is 2. The molecule has 1 N–H and O–H groups in total. The van der Waals surface area contributed by atoms with E-state index in [0.717, 1.165) is 5.75 Å². The van der Waals surface area contributed by atoms with Gasteiger partial charge in [0.2, 0.25) is 11.8 Å². The lowest BCUT2D eigenvalue weighted by Crippen LogP contribution is -2.47. The van der Waals surface area contributed by atoms with Crippen LogP contribution in [0.3, 0.4) is 0 Å². The number of nitrogens with zero attached hydrogens (tertiary/aromatic N) is 2. The summed E-state index contributed by atoms with van der Waals surface area (Å²) in [6, 6.07) is 6.10. The SMILES string of the molecule is Cc1cc(C)cc(OCCN(C)CC(=O)N(C)CC(=O)NC(C)(C)C)c1. The zero-order valence-electron chi connectivity index (χ0n) is 17.2. The fraction of sp³-hybridized carbons (Fsp3) is 0.600. The van der Waals surface area contributed by atoms with Crippen molar-refractivity contribution in [1.82, 2.24) is 15.1 Å². The Morgan fingerprint density at radius 1 is 1.04 bits per heavy atom. The van der Waals surface area contributed by atoms with Crippen LogP contribution in [0.1, 0.15) is 31.9 Å². The van der Waals surface area contributed by atoms with Crippen LogP contribution in [0.15, 0.2) is 18.2 Å². The van der Waals surface area contributed by atoms with E-state index >= 15 is 0 Å². The Hall–Kier alpha value is -2.08. The highest BCUT2D eigenvalue weighted by Gasteiger charge is 2.18. The van der Waals surface area contributed by atoms with Gasteiger partial charge in [-0.1, -0.05) is 6.07 Å². The maximum Gasteiger partial charge on any atom is 0.240 e. The van der Waals surface area contributed by atoms with Gasteiger partial charge in [-0.25, -0.2) is 0 Å². The standard InChI is InChI=1S/C20H33N3O3/c1-15-10-16(2)12-17(11-15)26-9-8-22(6)14-19(25)23(7)13-18(24)21-20(3,4)5/h10-12H,8-9,13-14H2,1-7H3,(H,21,24). The number of hydrogen-bond acceptors (Lipinski definition) is 4. The minimum Gasteiger partial charge on any atom is -0.492 e. The van der Waals surface area contributed by atoms with Crippen LogP contribution < -0.4 is 10.1 Å². The lowest BCUT2D eigenvalue weighted by Gasteiger charge is -2.25. The summed E-state index contributed by atoms with van der Waals surface area (Å²) in [6.07, 6.45) is 0. The zero-order valence-corrected chi connectivity index (χ0v) is 17.2. The van der Waals surface area contributed by atoms with Crippen LogP contribution in [-0.2, 0) is 9.59 Å². The molecule has 1 rings (SSSR count). The van der Waals surface area contributed by atoms with Crippen molar-refractivity contribution in [3.8, 4) is 5.75 Å². The molecule has 0 aromatic heterocycles. The molecule has 26 heavy (non-hydrogen) atoms. The molecule has 0 aliphatic rings. The second-order valence-electron chi connectivity index (χ2n) is 7.96. The average molecular weight is 364 g/mol. The lowest BCUT2D eigenvalue weighted by atomic mass is 10.1. The van der Waals surface area contributed by atoms with Crippen LogP contribution in [0.5, 0.6) is 5.75 Å². The molecule has 0 aliphatic carbocycles. The Labute approximate surface area is 157 Å². The van der Waals surface area contributed by atoms with Crippen LogP contribution in [-0.4, -0.2) is 67.5 Å². The third kappa shape index (κ3) is 8.85. The largest absolute Gasteiger partial charge is 0.492 e. The maximum absolute atomic E-state index is 12.2. The average Bonchev–Trinajstić information content (AvgIpc) is 2.43. The molecule has 0 fully saturated rings. The van der Waals surface area contributed by atoms with E-state index in [4.69, 9.17) is 4.74 Å². The highest BCUT2D eigenvalue weighted by atomic mass is 16.5. The van der Waals surface area contributed by atoms with Gasteiger partial charge in [-0.15, -0.1) is 0 Å². The highest BCUT2D eigenvalue weighted by Crippen LogP contribution is 2.16. The number of nitrogens with one attached hydrogen (secondary N) is 1. The molecule has 0 radical (unpaired) electrons. The Morgan fingerprint density at radius 2 is 1.62 bits per heavy atom. The fourth-order valence-corrected chi connectivity index (χ4v) is 2.53. The molecule has 0 bridgehead atoms. The summed E-state index contributed by atoms with van der Waals surface area (Å²) in [5, 5.41) is 2.85. The van der Waals surface area contributed by atoms with Crippen molar-refractivity contribution < 1.29 is 14.3 Å². The fourth-order valence-electron chi connectivity index (χ4n) is 2.53. The predicted octanol–water partition coefficient (Wildman–Crippen LogP) is 1.99. The second kappa shape index (κ2) is 9.57. The Bertz CT molecular complexity index is 603. The summed E-state index contributed by atoms with van der Waals surface area (Å²) >= 11 is 0. The molecule has 146 valence electrons. The zero-order chi connectivity index (χ0) is 19.9. The van der Waals surface area contributed by atoms with Gasteiger partial charge >= 0.3 is 0 Å². The van der Waals surface area contributed by atoms with Crippen molar-refractivity contribution >= 4 is 11.8 Å². The third-order valence-electron chi connectivity index (χ3n) is 3.66. The normalized spacial score (nSPS) is 11.4. The molecule has 0 aliphatic heterocycles. The van der Waals surface area contributed by atoms with Gasteiger partial charge in [0.15, 0.2) is 0 Å². The molecule has 6 nitrogen and oxygen atoms in total. The number of amides is 2. The molecular weight excluding hydrogens is 330 g/mol. The monoisotopic (exact) mass is 363 g/mol. The van der Waals surface area contributed by atoms with E-state index in [-0.39, 0.29) is 30.4 Å². The van der Waals surface area contributed by atoms with Crippen LogP contribution >= 0.6 is 0 Å². The summed E-state index contributed by atoms with van der Waals surface area (Å²) in [5.41, 5.74) is 2.03. The highest BCUT2D eigenvalue weighted by molar-refractivity contribution is 5.85. The first-order chi connectivity index (χ1) is 12.0. The molecule has 0 saturated heterocycles. The summed E-state index contributed by atoms with van der Waals surface area (Å²) in [6.45, 7) is 11.2. The first kappa shape index (κ1) is 22.0. The second-order valence-corrected chi connectivity index (χ2v) is 7.96. The van der Waals surface area contributed by atoms with E-state index in [0.29, 0.717) is 13.2 Å². The summed E-state index contributed by atoms with van der Waals surface area (Å²) in [7, 11) is 3.51. The number of ether oxygens (including phenoxy) is 1. The van der Waals surface area contributed by atoms with Gasteiger partial charge in [-0.2, -0.15) is 0 Å². The Balaban J connectivity index is 2.36. The quantitative estimate of drug-likeness (QED) is 0.767. The van der Waals surface area contributed by atoms with Crippen LogP contribution in [0.2, 0.25) is 0 Å². The van der Waals surface area contributed by atoms with Gasteiger partial charge in [-0.05, 0) is 64.9 Å². The summed E-state index contributed by atoms with van der Waals surface area (Å²) < 4.78 is 5.77. The number of aryl methyl sites for hydroxylation is 2.